The van der Waals surface area contributed by atoms with E-state index in [1.807, 2.05) is 0 Å². The second kappa shape index (κ2) is 6.02. The lowest BCUT2D eigenvalue weighted by molar-refractivity contribution is -0.144. The summed E-state index contributed by atoms with van der Waals surface area (Å²) >= 11 is 0. The second-order valence-electron chi connectivity index (χ2n) is 6.00. The Labute approximate surface area is 109 Å². The van der Waals surface area contributed by atoms with Crippen LogP contribution in [0.1, 0.15) is 33.6 Å². The first kappa shape index (κ1) is 15.4. The molecular formula is C12H23NO4S. The highest BCUT2D eigenvalue weighted by molar-refractivity contribution is 7.91. The molecule has 1 rings (SSSR count). The molecule has 1 atom stereocenters. The fraction of sp³-hybridized carbons (Fsp3) is 0.917. The summed E-state index contributed by atoms with van der Waals surface area (Å²) in [6.07, 6.45) is 0.929. The summed E-state index contributed by atoms with van der Waals surface area (Å²) < 4.78 is 27.9. The van der Waals surface area contributed by atoms with Crippen molar-refractivity contribution < 1.29 is 17.9 Å². The van der Waals surface area contributed by atoms with E-state index in [1.54, 1.807) is 0 Å². The number of esters is 1. The zero-order valence-electron chi connectivity index (χ0n) is 11.4. The predicted molar refractivity (Wildman–Crippen MR) is 70.1 cm³/mol. The van der Waals surface area contributed by atoms with Crippen molar-refractivity contribution in [1.29, 1.82) is 0 Å². The van der Waals surface area contributed by atoms with Gasteiger partial charge >= 0.3 is 5.97 Å². The molecule has 0 amide bonds. The summed E-state index contributed by atoms with van der Waals surface area (Å²) in [6.45, 7) is 7.05. The number of sulfone groups is 1. The van der Waals surface area contributed by atoms with Gasteiger partial charge in [-0.1, -0.05) is 20.8 Å². The highest BCUT2D eigenvalue weighted by Gasteiger charge is 2.26. The Morgan fingerprint density at radius 2 is 2.06 bits per heavy atom. The molecule has 1 heterocycles. The number of hydrogen-bond donors (Lipinski definition) is 1. The summed E-state index contributed by atoms with van der Waals surface area (Å²) in [4.78, 5) is 11.6. The molecule has 0 aromatic heterocycles. The molecule has 0 radical (unpaired) electrons. The van der Waals surface area contributed by atoms with Crippen molar-refractivity contribution >= 4 is 15.8 Å². The summed E-state index contributed by atoms with van der Waals surface area (Å²) in [7, 11) is -2.99. The number of hydrogen-bond acceptors (Lipinski definition) is 5. The SMILES string of the molecule is CC(C)(C)CCOC(=O)CC1CS(=O)(=O)CCN1. The highest BCUT2D eigenvalue weighted by atomic mass is 32.2. The Kier molecular flexibility index (Phi) is 5.16. The third kappa shape index (κ3) is 6.35. The van der Waals surface area contributed by atoms with E-state index in [2.05, 4.69) is 26.1 Å². The number of ether oxygens (including phenoxy) is 1. The van der Waals surface area contributed by atoms with Crippen LogP contribution in [0.25, 0.3) is 0 Å². The third-order valence-electron chi connectivity index (χ3n) is 2.83. The van der Waals surface area contributed by atoms with Gasteiger partial charge in [0.25, 0.3) is 0 Å². The minimum atomic E-state index is -2.99. The lowest BCUT2D eigenvalue weighted by atomic mass is 9.93. The monoisotopic (exact) mass is 277 g/mol. The molecule has 0 spiro atoms. The van der Waals surface area contributed by atoms with Gasteiger partial charge in [0, 0.05) is 12.6 Å². The van der Waals surface area contributed by atoms with Crippen LogP contribution < -0.4 is 5.32 Å². The van der Waals surface area contributed by atoms with E-state index in [0.29, 0.717) is 13.2 Å². The van der Waals surface area contributed by atoms with Crippen LogP contribution in [0.5, 0.6) is 0 Å². The van der Waals surface area contributed by atoms with Gasteiger partial charge in [0.15, 0.2) is 9.84 Å². The first-order valence-corrected chi connectivity index (χ1v) is 8.09. The highest BCUT2D eigenvalue weighted by Crippen LogP contribution is 2.18. The van der Waals surface area contributed by atoms with E-state index in [4.69, 9.17) is 4.74 Å². The fourth-order valence-corrected chi connectivity index (χ4v) is 3.17. The number of nitrogens with one attached hydrogen (secondary N) is 1. The first-order valence-electron chi connectivity index (χ1n) is 6.27. The van der Waals surface area contributed by atoms with E-state index >= 15 is 0 Å². The normalized spacial score (nSPS) is 23.6. The summed E-state index contributed by atoms with van der Waals surface area (Å²) in [6, 6.07) is -0.300. The van der Waals surface area contributed by atoms with Gasteiger partial charge in [-0.15, -0.1) is 0 Å². The van der Waals surface area contributed by atoms with Crippen LogP contribution in [0.4, 0.5) is 0 Å². The summed E-state index contributed by atoms with van der Waals surface area (Å²) in [5, 5.41) is 3.03. The van der Waals surface area contributed by atoms with E-state index < -0.39 is 9.84 Å². The standard InChI is InChI=1S/C12H23NO4S/c1-12(2,3)4-6-17-11(14)8-10-9-18(15,16)7-5-13-10/h10,13H,4-9H2,1-3H3. The van der Waals surface area contributed by atoms with Gasteiger partial charge in [-0.2, -0.15) is 0 Å². The number of rotatable bonds is 4. The Morgan fingerprint density at radius 1 is 1.39 bits per heavy atom. The maximum atomic E-state index is 11.6. The quantitative estimate of drug-likeness (QED) is 0.767. The van der Waals surface area contributed by atoms with Crippen LogP contribution in [0.2, 0.25) is 0 Å². The summed E-state index contributed by atoms with van der Waals surface area (Å²) in [5.41, 5.74) is 0.132. The zero-order valence-corrected chi connectivity index (χ0v) is 12.2. The van der Waals surface area contributed by atoms with Crippen LogP contribution in [-0.4, -0.2) is 45.1 Å². The minimum Gasteiger partial charge on any atom is -0.466 e. The largest absolute Gasteiger partial charge is 0.466 e. The number of carbonyl (C=O) groups excluding carboxylic acids is 1. The van der Waals surface area contributed by atoms with Crippen molar-refractivity contribution in [3.05, 3.63) is 0 Å². The van der Waals surface area contributed by atoms with Gasteiger partial charge in [0.05, 0.1) is 24.5 Å². The van der Waals surface area contributed by atoms with Crippen LogP contribution in [0, 0.1) is 5.41 Å². The molecule has 1 aliphatic rings. The molecule has 1 fully saturated rings. The fourth-order valence-electron chi connectivity index (χ4n) is 1.73. The molecule has 6 heteroatoms. The van der Waals surface area contributed by atoms with Crippen LogP contribution >= 0.6 is 0 Å². The molecule has 1 aliphatic heterocycles. The smallest absolute Gasteiger partial charge is 0.307 e. The van der Waals surface area contributed by atoms with Crippen molar-refractivity contribution in [3.63, 3.8) is 0 Å². The molecule has 1 unspecified atom stereocenters. The van der Waals surface area contributed by atoms with E-state index in [9.17, 15) is 13.2 Å². The van der Waals surface area contributed by atoms with E-state index in [0.717, 1.165) is 6.42 Å². The Morgan fingerprint density at radius 3 is 2.61 bits per heavy atom. The van der Waals surface area contributed by atoms with Crippen molar-refractivity contribution in [1.82, 2.24) is 5.32 Å². The van der Waals surface area contributed by atoms with Crippen LogP contribution in [-0.2, 0) is 19.4 Å². The molecular weight excluding hydrogens is 254 g/mol. The van der Waals surface area contributed by atoms with Gasteiger partial charge in [-0.25, -0.2) is 8.42 Å². The molecule has 18 heavy (non-hydrogen) atoms. The van der Waals surface area contributed by atoms with Crippen molar-refractivity contribution in [2.75, 3.05) is 24.7 Å². The topological polar surface area (TPSA) is 72.5 Å². The van der Waals surface area contributed by atoms with E-state index in [-0.39, 0.29) is 35.4 Å². The number of carbonyl (C=O) groups is 1. The summed E-state index contributed by atoms with van der Waals surface area (Å²) in [5.74, 6) is -0.141. The van der Waals surface area contributed by atoms with E-state index in [1.165, 1.54) is 0 Å². The Balaban J connectivity index is 2.28. The Hall–Kier alpha value is -0.620. The van der Waals surface area contributed by atoms with Gasteiger partial charge in [0.1, 0.15) is 0 Å². The van der Waals surface area contributed by atoms with Crippen LogP contribution in [0.3, 0.4) is 0 Å². The lowest BCUT2D eigenvalue weighted by Gasteiger charge is -2.23. The van der Waals surface area contributed by atoms with Gasteiger partial charge in [-0.3, -0.25) is 4.79 Å². The molecule has 0 aromatic rings. The van der Waals surface area contributed by atoms with Gasteiger partial charge < -0.3 is 10.1 Å². The molecule has 0 saturated carbocycles. The average Bonchev–Trinajstić information content (AvgIpc) is 2.13. The minimum absolute atomic E-state index is 0.0291. The second-order valence-corrected chi connectivity index (χ2v) is 8.23. The maximum absolute atomic E-state index is 11.6. The van der Waals surface area contributed by atoms with Crippen molar-refractivity contribution in [3.8, 4) is 0 Å². The maximum Gasteiger partial charge on any atom is 0.307 e. The molecule has 106 valence electrons. The van der Waals surface area contributed by atoms with Gasteiger partial charge in [-0.05, 0) is 11.8 Å². The molecule has 1 saturated heterocycles. The predicted octanol–water partition coefficient (Wildman–Crippen LogP) is 0.742. The molecule has 1 N–H and O–H groups in total. The third-order valence-corrected chi connectivity index (χ3v) is 4.57. The van der Waals surface area contributed by atoms with Gasteiger partial charge in [0.2, 0.25) is 0 Å². The molecule has 5 nitrogen and oxygen atoms in total. The lowest BCUT2D eigenvalue weighted by Crippen LogP contribution is -2.46. The Bertz CT molecular complexity index is 383. The molecule has 0 bridgehead atoms. The molecule has 0 aromatic carbocycles. The molecule has 0 aliphatic carbocycles. The van der Waals surface area contributed by atoms with Crippen molar-refractivity contribution in [2.24, 2.45) is 5.41 Å². The first-order chi connectivity index (χ1) is 8.18. The average molecular weight is 277 g/mol. The van der Waals surface area contributed by atoms with Crippen LogP contribution in [0.15, 0.2) is 0 Å². The zero-order chi connectivity index (χ0) is 13.8. The van der Waals surface area contributed by atoms with Crippen molar-refractivity contribution in [2.45, 2.75) is 39.7 Å².